The van der Waals surface area contributed by atoms with Gasteiger partial charge in [0.25, 0.3) is 0 Å². The second-order valence-electron chi connectivity index (χ2n) is 8.81. The van der Waals surface area contributed by atoms with Crippen molar-refractivity contribution in [3.63, 3.8) is 0 Å². The number of anilines is 2. The van der Waals surface area contributed by atoms with Crippen molar-refractivity contribution in [2.24, 2.45) is 0 Å². The summed E-state index contributed by atoms with van der Waals surface area (Å²) in [5.41, 5.74) is 3.89. The minimum absolute atomic E-state index is 0.316. The highest BCUT2D eigenvalue weighted by atomic mass is 35.5. The van der Waals surface area contributed by atoms with E-state index in [1.165, 1.54) is 11.8 Å². The number of rotatable bonds is 2. The van der Waals surface area contributed by atoms with Crippen LogP contribution in [0.1, 0.15) is 11.7 Å². The summed E-state index contributed by atoms with van der Waals surface area (Å²) < 4.78 is 6.39. The Bertz CT molecular complexity index is 1760. The molecule has 5 nitrogen and oxygen atoms in total. The second-order valence-corrected chi connectivity index (χ2v) is 11.7. The van der Waals surface area contributed by atoms with Crippen molar-refractivity contribution in [3.05, 3.63) is 116 Å². The first-order chi connectivity index (χ1) is 18.5. The van der Waals surface area contributed by atoms with Crippen LogP contribution in [0.4, 0.5) is 11.4 Å². The van der Waals surface area contributed by atoms with Gasteiger partial charge in [-0.1, -0.05) is 71.0 Å². The largest absolute Gasteiger partial charge is 0.460 e. The van der Waals surface area contributed by atoms with Crippen molar-refractivity contribution in [1.29, 1.82) is 10.7 Å². The zero-order valence-electron chi connectivity index (χ0n) is 19.5. The van der Waals surface area contributed by atoms with Crippen LogP contribution in [0.25, 0.3) is 11.3 Å². The van der Waals surface area contributed by atoms with E-state index in [2.05, 4.69) is 11.4 Å². The molecular weight excluding hydrogens is 555 g/mol. The quantitative estimate of drug-likeness (QED) is 0.250. The van der Waals surface area contributed by atoms with Crippen LogP contribution in [-0.2, 0) is 0 Å². The van der Waals surface area contributed by atoms with Gasteiger partial charge in [-0.2, -0.15) is 5.26 Å². The number of thioether (sulfide) groups is 2. The van der Waals surface area contributed by atoms with Gasteiger partial charge in [-0.05, 0) is 54.6 Å². The minimum Gasteiger partial charge on any atom is -0.460 e. The fourth-order valence-electron chi connectivity index (χ4n) is 4.90. The van der Waals surface area contributed by atoms with Crippen molar-refractivity contribution >= 4 is 63.9 Å². The molecular formula is C29H16Cl2N4OS2. The van der Waals surface area contributed by atoms with E-state index in [0.29, 0.717) is 38.5 Å². The van der Waals surface area contributed by atoms with Gasteiger partial charge in [0.1, 0.15) is 22.4 Å². The van der Waals surface area contributed by atoms with Gasteiger partial charge in [0, 0.05) is 20.9 Å². The first-order valence-electron chi connectivity index (χ1n) is 11.7. The first-order valence-corrected chi connectivity index (χ1v) is 14.1. The molecule has 0 spiro atoms. The molecule has 2 N–H and O–H groups in total. The first kappa shape index (κ1) is 23.6. The molecule has 4 heterocycles. The molecule has 184 valence electrons. The molecule has 3 aromatic carbocycles. The van der Waals surface area contributed by atoms with Gasteiger partial charge in [-0.15, -0.1) is 0 Å². The highest BCUT2D eigenvalue weighted by molar-refractivity contribution is 8.04. The van der Waals surface area contributed by atoms with Crippen LogP contribution < -0.4 is 10.2 Å². The average molecular weight is 572 g/mol. The number of allylic oxidation sites excluding steroid dienone is 1. The third-order valence-electron chi connectivity index (χ3n) is 6.63. The number of fused-ring (bicyclic) bond motifs is 4. The zero-order chi connectivity index (χ0) is 26.0. The Labute approximate surface area is 237 Å². The standard InChI is InChI=1S/C29H16Cl2N4OS2/c30-17-10-9-15(13-18(17)31)21-11-12-22(36-21)25-16(14-32)29-35(20-6-2-4-8-24(20)38-29)27(33)26(25)28-34-19-5-1-3-7-23(19)37-28/h1-13,25,33-34H. The van der Waals surface area contributed by atoms with Gasteiger partial charge in [0.2, 0.25) is 0 Å². The Kier molecular flexibility index (Phi) is 5.60. The minimum atomic E-state index is -0.568. The van der Waals surface area contributed by atoms with Gasteiger partial charge in [-0.25, -0.2) is 0 Å². The van der Waals surface area contributed by atoms with E-state index in [4.69, 9.17) is 27.6 Å². The monoisotopic (exact) mass is 570 g/mol. The Morgan fingerprint density at radius 2 is 1.71 bits per heavy atom. The summed E-state index contributed by atoms with van der Waals surface area (Å²) in [6.45, 7) is 0. The number of hydrogen-bond acceptors (Lipinski definition) is 6. The molecule has 3 aliphatic heterocycles. The molecule has 0 saturated heterocycles. The lowest BCUT2D eigenvalue weighted by molar-refractivity contribution is 0.515. The fraction of sp³-hybridized carbons (Fsp3) is 0.0345. The summed E-state index contributed by atoms with van der Waals surface area (Å²) in [5.74, 6) is 0.937. The predicted molar refractivity (Wildman–Crippen MR) is 155 cm³/mol. The van der Waals surface area contributed by atoms with E-state index in [1.54, 1.807) is 23.9 Å². The van der Waals surface area contributed by atoms with E-state index in [-0.39, 0.29) is 0 Å². The maximum atomic E-state index is 10.5. The number of nitriles is 1. The molecule has 0 fully saturated rings. The van der Waals surface area contributed by atoms with Crippen molar-refractivity contribution in [2.75, 3.05) is 10.2 Å². The predicted octanol–water partition coefficient (Wildman–Crippen LogP) is 9.10. The van der Waals surface area contributed by atoms with Gasteiger partial charge >= 0.3 is 0 Å². The molecule has 0 radical (unpaired) electrons. The van der Waals surface area contributed by atoms with Crippen LogP contribution in [-0.4, -0.2) is 5.84 Å². The van der Waals surface area contributed by atoms with E-state index < -0.39 is 5.92 Å². The van der Waals surface area contributed by atoms with E-state index in [0.717, 1.165) is 36.8 Å². The topological polar surface area (TPSA) is 76.1 Å². The number of furan rings is 1. The fourth-order valence-corrected chi connectivity index (χ4v) is 7.45. The van der Waals surface area contributed by atoms with Gasteiger partial charge in [-0.3, -0.25) is 10.3 Å². The molecule has 1 atom stereocenters. The van der Waals surface area contributed by atoms with E-state index in [9.17, 15) is 10.7 Å². The molecule has 1 unspecified atom stereocenters. The Morgan fingerprint density at radius 3 is 2.50 bits per heavy atom. The smallest absolute Gasteiger partial charge is 0.137 e. The van der Waals surface area contributed by atoms with Gasteiger partial charge in [0.15, 0.2) is 0 Å². The van der Waals surface area contributed by atoms with E-state index >= 15 is 0 Å². The molecule has 0 amide bonds. The second kappa shape index (κ2) is 9.04. The van der Waals surface area contributed by atoms with Crippen LogP contribution in [0, 0.1) is 16.7 Å². The van der Waals surface area contributed by atoms with Gasteiger partial charge in [0.05, 0.1) is 44.0 Å². The van der Waals surface area contributed by atoms with E-state index in [1.807, 2.05) is 71.6 Å². The Hall–Kier alpha value is -3.54. The van der Waals surface area contributed by atoms with Gasteiger partial charge < -0.3 is 9.73 Å². The van der Waals surface area contributed by atoms with Crippen molar-refractivity contribution in [2.45, 2.75) is 15.7 Å². The summed E-state index contributed by atoms with van der Waals surface area (Å²) in [7, 11) is 0. The number of halogens is 2. The van der Waals surface area contributed by atoms with Crippen LogP contribution in [0.5, 0.6) is 0 Å². The number of nitrogens with zero attached hydrogens (tertiary/aromatic N) is 2. The number of nitrogens with one attached hydrogen (secondary N) is 2. The Morgan fingerprint density at radius 1 is 0.921 bits per heavy atom. The average Bonchev–Trinajstić information content (AvgIpc) is 3.66. The lowest BCUT2D eigenvalue weighted by Gasteiger charge is -2.33. The number of para-hydroxylation sites is 2. The molecule has 0 bridgehead atoms. The Balaban J connectivity index is 1.43. The number of amidine groups is 1. The SMILES string of the molecule is N#CC1=C2Sc3ccccc3N2C(=N)C(=C2Nc3ccccc3S2)C1c1ccc(-c2ccc(Cl)c(Cl)c2)o1. The normalized spacial score (nSPS) is 19.7. The van der Waals surface area contributed by atoms with Crippen LogP contribution >= 0.6 is 46.7 Å². The number of benzene rings is 3. The molecule has 3 aliphatic rings. The van der Waals surface area contributed by atoms with Crippen molar-refractivity contribution in [1.82, 2.24) is 0 Å². The van der Waals surface area contributed by atoms with Crippen LogP contribution in [0.15, 0.2) is 114 Å². The molecule has 1 aromatic heterocycles. The third-order valence-corrected chi connectivity index (χ3v) is 9.63. The summed E-state index contributed by atoms with van der Waals surface area (Å²) in [5, 5.41) is 25.9. The zero-order valence-corrected chi connectivity index (χ0v) is 22.6. The van der Waals surface area contributed by atoms with Crippen molar-refractivity contribution in [3.8, 4) is 17.4 Å². The summed E-state index contributed by atoms with van der Waals surface area (Å²) >= 11 is 15.5. The highest BCUT2D eigenvalue weighted by Gasteiger charge is 2.45. The summed E-state index contributed by atoms with van der Waals surface area (Å²) in [6.07, 6.45) is 0. The lowest BCUT2D eigenvalue weighted by Crippen LogP contribution is -2.36. The lowest BCUT2D eigenvalue weighted by atomic mass is 9.86. The third kappa shape index (κ3) is 3.60. The molecule has 0 aliphatic carbocycles. The summed E-state index contributed by atoms with van der Waals surface area (Å²) in [4.78, 5) is 3.96. The number of hydrogen-bond donors (Lipinski definition) is 2. The molecule has 9 heteroatoms. The molecule has 0 saturated carbocycles. The van der Waals surface area contributed by atoms with Crippen LogP contribution in [0.2, 0.25) is 10.0 Å². The molecule has 4 aromatic rings. The molecule has 38 heavy (non-hydrogen) atoms. The highest BCUT2D eigenvalue weighted by Crippen LogP contribution is 2.56. The van der Waals surface area contributed by atoms with Crippen molar-refractivity contribution < 1.29 is 4.42 Å². The summed E-state index contributed by atoms with van der Waals surface area (Å²) in [6, 6.07) is 27.5. The maximum Gasteiger partial charge on any atom is 0.137 e. The van der Waals surface area contributed by atoms with Crippen LogP contribution in [0.3, 0.4) is 0 Å². The maximum absolute atomic E-state index is 10.5. The molecule has 7 rings (SSSR count).